The van der Waals surface area contributed by atoms with Crippen LogP contribution in [0.25, 0.3) is 5.65 Å². The monoisotopic (exact) mass is 562 g/mol. The second-order valence-electron chi connectivity index (χ2n) is 8.20. The average molecular weight is 563 g/mol. The van der Waals surface area contributed by atoms with Crippen molar-refractivity contribution in [2.45, 2.75) is 39.3 Å². The molecule has 0 spiro atoms. The summed E-state index contributed by atoms with van der Waals surface area (Å²) < 4.78 is 7.78. The summed E-state index contributed by atoms with van der Waals surface area (Å²) in [5.74, 6) is 1.74. The third-order valence-corrected chi connectivity index (χ3v) is 6.03. The fraction of sp³-hybridized carbons (Fsp3) is 0.440. The Morgan fingerprint density at radius 3 is 2.64 bits per heavy atom. The van der Waals surface area contributed by atoms with Gasteiger partial charge in [0.25, 0.3) is 0 Å². The van der Waals surface area contributed by atoms with E-state index in [-0.39, 0.29) is 30.0 Å². The molecule has 33 heavy (non-hydrogen) atoms. The number of benzene rings is 1. The van der Waals surface area contributed by atoms with E-state index in [0.29, 0.717) is 6.54 Å². The predicted molar refractivity (Wildman–Crippen MR) is 145 cm³/mol. The van der Waals surface area contributed by atoms with Crippen molar-refractivity contribution < 1.29 is 4.74 Å². The molecular formula is C25H35IN6O. The highest BCUT2D eigenvalue weighted by molar-refractivity contribution is 14.0. The van der Waals surface area contributed by atoms with Crippen molar-refractivity contribution in [3.05, 3.63) is 65.6 Å². The van der Waals surface area contributed by atoms with Crippen LogP contribution in [0.15, 0.2) is 53.7 Å². The number of nitrogens with one attached hydrogen (secondary N) is 2. The summed E-state index contributed by atoms with van der Waals surface area (Å²) in [6, 6.07) is 14.7. The second-order valence-corrected chi connectivity index (χ2v) is 8.20. The lowest BCUT2D eigenvalue weighted by Gasteiger charge is -2.30. The van der Waals surface area contributed by atoms with Crippen LogP contribution >= 0.6 is 24.0 Å². The number of guanidine groups is 1. The maximum absolute atomic E-state index is 5.67. The summed E-state index contributed by atoms with van der Waals surface area (Å²) in [5.41, 5.74) is 4.30. The highest BCUT2D eigenvalue weighted by Gasteiger charge is 2.26. The molecule has 1 aromatic carbocycles. The van der Waals surface area contributed by atoms with E-state index in [1.165, 1.54) is 24.1 Å². The molecule has 1 aliphatic rings. The van der Waals surface area contributed by atoms with Crippen molar-refractivity contribution in [1.82, 2.24) is 24.9 Å². The molecule has 1 saturated heterocycles. The highest BCUT2D eigenvalue weighted by atomic mass is 127. The van der Waals surface area contributed by atoms with E-state index in [9.17, 15) is 0 Å². The fourth-order valence-electron chi connectivity index (χ4n) is 4.40. The van der Waals surface area contributed by atoms with Gasteiger partial charge in [-0.15, -0.1) is 24.0 Å². The largest absolute Gasteiger partial charge is 0.496 e. The van der Waals surface area contributed by atoms with E-state index < -0.39 is 0 Å². The van der Waals surface area contributed by atoms with Crippen LogP contribution in [0.4, 0.5) is 0 Å². The minimum atomic E-state index is 0. The Balaban J connectivity index is 0.00000306. The maximum Gasteiger partial charge on any atom is 0.191 e. The lowest BCUT2D eigenvalue weighted by Crippen LogP contribution is -2.42. The Labute approximate surface area is 213 Å². The summed E-state index contributed by atoms with van der Waals surface area (Å²) in [6.07, 6.45) is 4.56. The number of aryl methyl sites for hydroxylation is 1. The molecule has 2 N–H and O–H groups in total. The molecule has 1 atom stereocenters. The van der Waals surface area contributed by atoms with Gasteiger partial charge in [-0.2, -0.15) is 0 Å². The first kappa shape index (κ1) is 25.3. The smallest absolute Gasteiger partial charge is 0.191 e. The first-order valence-corrected chi connectivity index (χ1v) is 11.5. The SMILES string of the molecule is CCNC(=NCc1cn2c(C)cccc2n1)NCC(c1ccccc1OC)N1CCCC1.I. The molecule has 1 unspecified atom stereocenters. The molecule has 0 bridgehead atoms. The van der Waals surface area contributed by atoms with Gasteiger partial charge in [0.1, 0.15) is 11.4 Å². The predicted octanol–water partition coefficient (Wildman–Crippen LogP) is 4.16. The maximum atomic E-state index is 5.67. The van der Waals surface area contributed by atoms with Gasteiger partial charge in [-0.3, -0.25) is 4.90 Å². The van der Waals surface area contributed by atoms with E-state index in [1.807, 2.05) is 24.3 Å². The molecule has 8 heteroatoms. The number of rotatable bonds is 8. The number of nitrogens with zero attached hydrogens (tertiary/aromatic N) is 4. The molecule has 0 amide bonds. The fourth-order valence-corrected chi connectivity index (χ4v) is 4.40. The molecule has 3 aromatic rings. The van der Waals surface area contributed by atoms with Crippen LogP contribution in [-0.2, 0) is 6.54 Å². The van der Waals surface area contributed by atoms with Gasteiger partial charge >= 0.3 is 0 Å². The minimum absolute atomic E-state index is 0. The van der Waals surface area contributed by atoms with E-state index in [4.69, 9.17) is 14.7 Å². The Hall–Kier alpha value is -2.33. The zero-order valence-electron chi connectivity index (χ0n) is 19.8. The van der Waals surface area contributed by atoms with Crippen LogP contribution in [0.5, 0.6) is 5.75 Å². The summed E-state index contributed by atoms with van der Waals surface area (Å²) in [6.45, 7) is 8.49. The molecule has 0 radical (unpaired) electrons. The lowest BCUT2D eigenvalue weighted by molar-refractivity contribution is 0.239. The van der Waals surface area contributed by atoms with E-state index in [0.717, 1.165) is 49.2 Å². The van der Waals surface area contributed by atoms with Gasteiger partial charge in [0.2, 0.25) is 0 Å². The van der Waals surface area contributed by atoms with Gasteiger partial charge < -0.3 is 19.8 Å². The Kier molecular flexibility index (Phi) is 9.37. The Bertz CT molecular complexity index is 1060. The highest BCUT2D eigenvalue weighted by Crippen LogP contribution is 2.31. The second kappa shape index (κ2) is 12.2. The summed E-state index contributed by atoms with van der Waals surface area (Å²) in [5, 5.41) is 6.95. The number of hydrogen-bond donors (Lipinski definition) is 2. The summed E-state index contributed by atoms with van der Waals surface area (Å²) >= 11 is 0. The molecule has 4 rings (SSSR count). The standard InChI is InChI=1S/C25H34N6O.HI/c1-4-26-25(27-16-20-18-31-19(2)10-9-13-24(31)29-20)28-17-22(30-14-7-8-15-30)21-11-5-6-12-23(21)32-3;/h5-6,9-13,18,22H,4,7-8,14-17H2,1-3H3,(H2,26,27,28);1H. The van der Waals surface area contributed by atoms with Crippen molar-refractivity contribution in [2.75, 3.05) is 33.3 Å². The molecule has 2 aromatic heterocycles. The van der Waals surface area contributed by atoms with Gasteiger partial charge in [-0.25, -0.2) is 9.98 Å². The number of pyridine rings is 1. The third-order valence-electron chi connectivity index (χ3n) is 6.03. The first-order valence-electron chi connectivity index (χ1n) is 11.5. The van der Waals surface area contributed by atoms with Crippen molar-refractivity contribution in [2.24, 2.45) is 4.99 Å². The Morgan fingerprint density at radius 1 is 1.12 bits per heavy atom. The molecule has 0 aliphatic carbocycles. The van der Waals surface area contributed by atoms with Crippen LogP contribution in [0.1, 0.15) is 42.8 Å². The van der Waals surface area contributed by atoms with E-state index in [2.05, 4.69) is 58.2 Å². The number of para-hydroxylation sites is 1. The molecule has 0 saturated carbocycles. The number of hydrogen-bond acceptors (Lipinski definition) is 4. The number of halogens is 1. The lowest BCUT2D eigenvalue weighted by atomic mass is 10.0. The topological polar surface area (TPSA) is 66.2 Å². The minimum Gasteiger partial charge on any atom is -0.496 e. The van der Waals surface area contributed by atoms with Crippen LogP contribution < -0.4 is 15.4 Å². The molecule has 3 heterocycles. The van der Waals surface area contributed by atoms with E-state index >= 15 is 0 Å². The summed E-state index contributed by atoms with van der Waals surface area (Å²) in [7, 11) is 1.75. The van der Waals surface area contributed by atoms with Gasteiger partial charge in [-0.1, -0.05) is 24.3 Å². The van der Waals surface area contributed by atoms with E-state index in [1.54, 1.807) is 7.11 Å². The Morgan fingerprint density at radius 2 is 1.91 bits per heavy atom. The molecule has 178 valence electrons. The summed E-state index contributed by atoms with van der Waals surface area (Å²) in [4.78, 5) is 12.1. The van der Waals surface area contributed by atoms with Crippen LogP contribution in [0.3, 0.4) is 0 Å². The normalized spacial score (nSPS) is 15.3. The number of imidazole rings is 1. The third kappa shape index (κ3) is 6.17. The van der Waals surface area contributed by atoms with Crippen molar-refractivity contribution in [3.63, 3.8) is 0 Å². The number of methoxy groups -OCH3 is 1. The number of likely N-dealkylation sites (tertiary alicyclic amines) is 1. The van der Waals surface area contributed by atoms with Gasteiger partial charge in [0, 0.05) is 30.5 Å². The van der Waals surface area contributed by atoms with Gasteiger partial charge in [0.05, 0.1) is 25.4 Å². The number of ether oxygens (including phenoxy) is 1. The zero-order valence-corrected chi connectivity index (χ0v) is 22.1. The molecule has 1 fully saturated rings. The van der Waals surface area contributed by atoms with Gasteiger partial charge in [-0.05, 0) is 58.0 Å². The van der Waals surface area contributed by atoms with Crippen molar-refractivity contribution in [1.29, 1.82) is 0 Å². The molecule has 7 nitrogen and oxygen atoms in total. The quantitative estimate of drug-likeness (QED) is 0.245. The zero-order chi connectivity index (χ0) is 22.3. The van der Waals surface area contributed by atoms with Crippen LogP contribution in [0, 0.1) is 6.92 Å². The van der Waals surface area contributed by atoms with Gasteiger partial charge in [0.15, 0.2) is 5.96 Å². The first-order chi connectivity index (χ1) is 15.7. The van der Waals surface area contributed by atoms with Crippen LogP contribution in [-0.4, -0.2) is 53.5 Å². The van der Waals surface area contributed by atoms with Crippen molar-refractivity contribution in [3.8, 4) is 5.75 Å². The number of aliphatic imine (C=N–C) groups is 1. The number of fused-ring (bicyclic) bond motifs is 1. The molecule has 1 aliphatic heterocycles. The van der Waals surface area contributed by atoms with Crippen molar-refractivity contribution >= 4 is 35.6 Å². The number of aromatic nitrogens is 2. The average Bonchev–Trinajstić information content (AvgIpc) is 3.48. The van der Waals surface area contributed by atoms with Crippen LogP contribution in [0.2, 0.25) is 0 Å². The molecular weight excluding hydrogens is 527 g/mol.